The number of carbonyl (C=O) groups is 1. The van der Waals surface area contributed by atoms with Gasteiger partial charge in [0.1, 0.15) is 0 Å². The Bertz CT molecular complexity index is 523. The van der Waals surface area contributed by atoms with Gasteiger partial charge in [0.05, 0.1) is 12.2 Å². The second-order valence-electron chi connectivity index (χ2n) is 7.38. The molecule has 3 nitrogen and oxygen atoms in total. The van der Waals surface area contributed by atoms with E-state index in [1.165, 1.54) is 24.0 Å². The van der Waals surface area contributed by atoms with Crippen molar-refractivity contribution >= 4 is 5.97 Å². The Morgan fingerprint density at radius 1 is 1.43 bits per heavy atom. The van der Waals surface area contributed by atoms with Crippen LogP contribution in [0.4, 0.5) is 0 Å². The smallest absolute Gasteiger partial charge is 0.331 e. The van der Waals surface area contributed by atoms with Crippen molar-refractivity contribution < 1.29 is 14.6 Å². The second-order valence-corrected chi connectivity index (χ2v) is 7.38. The molecule has 0 saturated carbocycles. The molecule has 0 bridgehead atoms. The first kappa shape index (κ1) is 18.0. The van der Waals surface area contributed by atoms with Crippen LogP contribution >= 0.6 is 0 Å². The molecule has 2 aliphatic rings. The summed E-state index contributed by atoms with van der Waals surface area (Å²) in [5.74, 6) is 0.343. The summed E-state index contributed by atoms with van der Waals surface area (Å²) in [6, 6.07) is 0. The van der Waals surface area contributed by atoms with Crippen LogP contribution in [-0.4, -0.2) is 23.3 Å². The van der Waals surface area contributed by atoms with E-state index >= 15 is 0 Å². The van der Waals surface area contributed by atoms with Crippen molar-refractivity contribution in [3.05, 3.63) is 34.9 Å². The molecule has 1 N–H and O–H groups in total. The van der Waals surface area contributed by atoms with Gasteiger partial charge in [-0.3, -0.25) is 0 Å². The summed E-state index contributed by atoms with van der Waals surface area (Å²) in [4.78, 5) is 11.5. The van der Waals surface area contributed by atoms with E-state index in [0.717, 1.165) is 12.8 Å². The minimum Gasteiger partial charge on any atom is -0.478 e. The third-order valence-corrected chi connectivity index (χ3v) is 5.04. The van der Waals surface area contributed by atoms with Crippen LogP contribution in [0.1, 0.15) is 59.8 Å². The molecule has 0 spiro atoms. The lowest BCUT2D eigenvalue weighted by atomic mass is 9.75. The molecule has 0 aromatic heterocycles. The van der Waals surface area contributed by atoms with E-state index in [2.05, 4.69) is 26.0 Å². The molecule has 0 unspecified atom stereocenters. The normalized spacial score (nSPS) is 31.1. The highest BCUT2D eigenvalue weighted by molar-refractivity contribution is 5.86. The quantitative estimate of drug-likeness (QED) is 0.579. The largest absolute Gasteiger partial charge is 0.478 e. The van der Waals surface area contributed by atoms with Crippen LogP contribution in [-0.2, 0) is 9.53 Å². The lowest BCUT2D eigenvalue weighted by Gasteiger charge is -2.41. The molecule has 3 heteroatoms. The van der Waals surface area contributed by atoms with Crippen LogP contribution in [0, 0.1) is 11.8 Å². The Kier molecular flexibility index (Phi) is 6.23. The van der Waals surface area contributed by atoms with Crippen molar-refractivity contribution in [1.82, 2.24) is 0 Å². The van der Waals surface area contributed by atoms with E-state index < -0.39 is 5.97 Å². The Balaban J connectivity index is 2.08. The standard InChI is InChI=1S/C20H30O3/c1-13(2)6-5-7-16(20(21)22)12-17-11-15(4)18-9-8-14(3)10-19(18)23-17/h6,10,12,15,17-19H,5,7-9,11H2,1-4H3,(H,21,22)/b16-12+/t15-,17-,18-,19+/m1/s1. The van der Waals surface area contributed by atoms with E-state index in [0.29, 0.717) is 23.8 Å². The van der Waals surface area contributed by atoms with E-state index in [1.807, 2.05) is 19.9 Å². The van der Waals surface area contributed by atoms with Crippen molar-refractivity contribution in [2.75, 3.05) is 0 Å². The minimum absolute atomic E-state index is 0.0776. The van der Waals surface area contributed by atoms with Crippen molar-refractivity contribution in [3.63, 3.8) is 0 Å². The topological polar surface area (TPSA) is 46.5 Å². The van der Waals surface area contributed by atoms with Crippen LogP contribution in [0.3, 0.4) is 0 Å². The van der Waals surface area contributed by atoms with Crippen LogP contribution < -0.4 is 0 Å². The van der Waals surface area contributed by atoms with Crippen molar-refractivity contribution in [1.29, 1.82) is 0 Å². The lowest BCUT2D eigenvalue weighted by molar-refractivity contribution is -0.133. The van der Waals surface area contributed by atoms with Crippen LogP contribution in [0.5, 0.6) is 0 Å². The zero-order valence-corrected chi connectivity index (χ0v) is 14.8. The molecule has 4 atom stereocenters. The van der Waals surface area contributed by atoms with Gasteiger partial charge in [0, 0.05) is 5.57 Å². The highest BCUT2D eigenvalue weighted by Crippen LogP contribution is 2.39. The number of carboxylic acids is 1. The first-order valence-electron chi connectivity index (χ1n) is 8.77. The fraction of sp³-hybridized carbons (Fsp3) is 0.650. The number of fused-ring (bicyclic) bond motifs is 1. The monoisotopic (exact) mass is 318 g/mol. The number of rotatable bonds is 5. The number of allylic oxidation sites excluding steroid dienone is 3. The fourth-order valence-corrected chi connectivity index (χ4v) is 3.70. The zero-order valence-electron chi connectivity index (χ0n) is 14.8. The van der Waals surface area contributed by atoms with Gasteiger partial charge in [-0.2, -0.15) is 0 Å². The second kappa shape index (κ2) is 7.96. The number of hydrogen-bond acceptors (Lipinski definition) is 2. The molecule has 1 heterocycles. The first-order chi connectivity index (χ1) is 10.9. The van der Waals surface area contributed by atoms with E-state index in [1.54, 1.807) is 0 Å². The Morgan fingerprint density at radius 2 is 2.17 bits per heavy atom. The van der Waals surface area contributed by atoms with Crippen molar-refractivity contribution in [3.8, 4) is 0 Å². The van der Waals surface area contributed by atoms with E-state index in [9.17, 15) is 9.90 Å². The molecular formula is C20H30O3. The third-order valence-electron chi connectivity index (χ3n) is 5.04. The molecule has 1 aliphatic carbocycles. The van der Waals surface area contributed by atoms with Gasteiger partial charge in [0.2, 0.25) is 0 Å². The molecule has 1 fully saturated rings. The molecule has 0 aromatic rings. The van der Waals surface area contributed by atoms with Gasteiger partial charge in [-0.25, -0.2) is 4.79 Å². The summed E-state index contributed by atoms with van der Waals surface area (Å²) in [7, 11) is 0. The summed E-state index contributed by atoms with van der Waals surface area (Å²) >= 11 is 0. The Labute approximate surface area is 140 Å². The first-order valence-corrected chi connectivity index (χ1v) is 8.77. The lowest BCUT2D eigenvalue weighted by Crippen LogP contribution is -2.40. The van der Waals surface area contributed by atoms with Crippen LogP contribution in [0.25, 0.3) is 0 Å². The van der Waals surface area contributed by atoms with Gasteiger partial charge in [-0.15, -0.1) is 0 Å². The average molecular weight is 318 g/mol. The maximum absolute atomic E-state index is 11.5. The van der Waals surface area contributed by atoms with Crippen LogP contribution in [0.2, 0.25) is 0 Å². The molecule has 1 saturated heterocycles. The highest BCUT2D eigenvalue weighted by Gasteiger charge is 2.36. The zero-order chi connectivity index (χ0) is 17.0. The Hall–Kier alpha value is -1.35. The maximum Gasteiger partial charge on any atom is 0.331 e. The van der Waals surface area contributed by atoms with Gasteiger partial charge >= 0.3 is 5.97 Å². The highest BCUT2D eigenvalue weighted by atomic mass is 16.5. The average Bonchev–Trinajstić information content (AvgIpc) is 2.45. The summed E-state index contributed by atoms with van der Waals surface area (Å²) in [6.45, 7) is 8.51. The number of ether oxygens (including phenoxy) is 1. The minimum atomic E-state index is -0.819. The van der Waals surface area contributed by atoms with Gasteiger partial charge in [-0.1, -0.05) is 30.2 Å². The summed E-state index contributed by atoms with van der Waals surface area (Å²) in [6.07, 6.45) is 10.9. The predicted molar refractivity (Wildman–Crippen MR) is 93.3 cm³/mol. The summed E-state index contributed by atoms with van der Waals surface area (Å²) in [5.41, 5.74) is 3.10. The molecule has 23 heavy (non-hydrogen) atoms. The van der Waals surface area contributed by atoms with Gasteiger partial charge in [0.25, 0.3) is 0 Å². The molecule has 0 radical (unpaired) electrons. The fourth-order valence-electron chi connectivity index (χ4n) is 3.70. The maximum atomic E-state index is 11.5. The Morgan fingerprint density at radius 3 is 2.83 bits per heavy atom. The van der Waals surface area contributed by atoms with Crippen molar-refractivity contribution in [2.24, 2.45) is 11.8 Å². The van der Waals surface area contributed by atoms with E-state index in [4.69, 9.17) is 4.74 Å². The SMILES string of the molecule is CC(C)=CCC/C(=C\[C@H]1C[C@@H](C)[C@H]2CCC(C)=C[C@@H]2O1)C(=O)O. The van der Waals surface area contributed by atoms with Gasteiger partial charge in [0.15, 0.2) is 0 Å². The number of aliphatic carboxylic acids is 1. The molecule has 1 aliphatic heterocycles. The van der Waals surface area contributed by atoms with Gasteiger partial charge < -0.3 is 9.84 Å². The number of carboxylic acid groups (broad SMARTS) is 1. The number of hydrogen-bond donors (Lipinski definition) is 1. The van der Waals surface area contributed by atoms with Crippen LogP contribution in [0.15, 0.2) is 34.9 Å². The van der Waals surface area contributed by atoms with Gasteiger partial charge in [-0.05, 0) is 70.8 Å². The third kappa shape index (κ3) is 5.07. The summed E-state index contributed by atoms with van der Waals surface area (Å²) in [5, 5.41) is 9.45. The molecule has 128 valence electrons. The molecule has 2 rings (SSSR count). The molecule has 0 amide bonds. The molecule has 0 aromatic carbocycles. The summed E-state index contributed by atoms with van der Waals surface area (Å²) < 4.78 is 6.21. The van der Waals surface area contributed by atoms with E-state index in [-0.39, 0.29) is 12.2 Å². The predicted octanol–water partition coefficient (Wildman–Crippen LogP) is 4.89. The van der Waals surface area contributed by atoms with Crippen molar-refractivity contribution in [2.45, 2.75) is 72.0 Å². The molecular weight excluding hydrogens is 288 g/mol.